The highest BCUT2D eigenvalue weighted by molar-refractivity contribution is 7.20. The lowest BCUT2D eigenvalue weighted by Gasteiger charge is -2.18. The number of hydrogen-bond acceptors (Lipinski definition) is 3. The quantitative estimate of drug-likeness (QED) is 0.118. The molecule has 67 heavy (non-hydrogen) atoms. The Morgan fingerprint density at radius 3 is 1.37 bits per heavy atom. The number of pyridine rings is 2. The molecule has 0 spiro atoms. The van der Waals surface area contributed by atoms with Crippen molar-refractivity contribution < 1.29 is 9.60 Å². The van der Waals surface area contributed by atoms with Gasteiger partial charge in [-0.3, -0.25) is 4.98 Å². The summed E-state index contributed by atoms with van der Waals surface area (Å²) in [5.41, 5.74) is 12.1. The van der Waals surface area contributed by atoms with E-state index in [1.54, 1.807) is 0 Å². The Morgan fingerprint density at radius 2 is 0.776 bits per heavy atom. The van der Waals surface area contributed by atoms with Crippen molar-refractivity contribution in [2.24, 2.45) is 0 Å². The molecular formula is C64H40N2S. The summed E-state index contributed by atoms with van der Waals surface area (Å²) in [6.45, 7) is 0. The number of fused-ring (bicyclic) bond motifs is 6. The van der Waals surface area contributed by atoms with Crippen LogP contribution in [0.2, 0.25) is 0 Å². The predicted molar refractivity (Wildman–Crippen MR) is 285 cm³/mol. The van der Waals surface area contributed by atoms with Crippen molar-refractivity contribution in [2.75, 3.05) is 0 Å². The number of hydrogen-bond donors (Lipinski definition) is 0. The monoisotopic (exact) mass is 875 g/mol. The van der Waals surface area contributed by atoms with Crippen molar-refractivity contribution in [3.63, 3.8) is 0 Å². The van der Waals surface area contributed by atoms with Gasteiger partial charge in [-0.2, -0.15) is 0 Å². The van der Waals surface area contributed by atoms with Crippen LogP contribution in [0.4, 0.5) is 0 Å². The number of benzene rings is 10. The topological polar surface area (TPSA) is 25.8 Å². The second-order valence-corrected chi connectivity index (χ2v) is 17.6. The zero-order valence-corrected chi connectivity index (χ0v) is 36.7. The molecule has 0 bridgehead atoms. The van der Waals surface area contributed by atoms with Crippen LogP contribution in [0.1, 0.15) is 9.60 Å². The molecular weight excluding hydrogens is 829 g/mol. The van der Waals surface area contributed by atoms with Crippen LogP contribution in [0.5, 0.6) is 0 Å². The van der Waals surface area contributed by atoms with Crippen LogP contribution in [-0.4, -0.2) is 9.97 Å². The van der Waals surface area contributed by atoms with E-state index in [2.05, 4.69) is 169 Å². The average Bonchev–Trinajstić information content (AvgIpc) is 3.87. The zero-order valence-electron chi connectivity index (χ0n) is 42.9. The summed E-state index contributed by atoms with van der Waals surface area (Å²) < 4.78 is 61.0. The molecule has 0 radical (unpaired) electrons. The summed E-state index contributed by atoms with van der Waals surface area (Å²) in [5.74, 6) is 0. The number of nitrogens with zero attached hydrogens (tertiary/aromatic N) is 2. The van der Waals surface area contributed by atoms with Gasteiger partial charge in [0, 0.05) is 49.0 Å². The molecule has 2 nitrogen and oxygen atoms in total. The third kappa shape index (κ3) is 6.55. The van der Waals surface area contributed by atoms with Crippen LogP contribution >= 0.6 is 11.3 Å². The molecule has 3 aromatic heterocycles. The minimum absolute atomic E-state index is 0.00500. The molecule has 13 aromatic rings. The smallest absolute Gasteiger partial charge is 0.0972 e. The molecule has 3 heteroatoms. The molecule has 0 fully saturated rings. The Hall–Kier alpha value is -8.50. The van der Waals surface area contributed by atoms with E-state index >= 15 is 0 Å². The maximum atomic E-state index is 9.22. The molecule has 0 saturated carbocycles. The van der Waals surface area contributed by atoms with E-state index in [4.69, 9.17) is 13.2 Å². The zero-order chi connectivity index (χ0) is 50.4. The van der Waals surface area contributed by atoms with Crippen molar-refractivity contribution >= 4 is 65.5 Å². The predicted octanol–water partition coefficient (Wildman–Crippen LogP) is 18.0. The lowest BCUT2D eigenvalue weighted by Crippen LogP contribution is -1.91. The van der Waals surface area contributed by atoms with Crippen molar-refractivity contribution in [1.82, 2.24) is 9.97 Å². The maximum absolute atomic E-state index is 9.22. The van der Waals surface area contributed by atoms with E-state index in [0.29, 0.717) is 5.56 Å². The Balaban J connectivity index is 1.00. The average molecular weight is 876 g/mol. The molecule has 0 aliphatic carbocycles. The summed E-state index contributed by atoms with van der Waals surface area (Å²) >= 11 is 1.83. The van der Waals surface area contributed by atoms with Gasteiger partial charge in [0.25, 0.3) is 0 Å². The Bertz CT molecular complexity index is 4370. The first-order valence-corrected chi connectivity index (χ1v) is 23.1. The van der Waals surface area contributed by atoms with E-state index in [1.807, 2.05) is 47.7 Å². The third-order valence-electron chi connectivity index (χ3n) is 12.8. The molecule has 0 aliphatic rings. The number of thiophene rings is 1. The van der Waals surface area contributed by atoms with E-state index < -0.39 is 18.3 Å². The van der Waals surface area contributed by atoms with Gasteiger partial charge in [-0.15, -0.1) is 11.3 Å². The second-order valence-electron chi connectivity index (χ2n) is 16.6. The molecule has 0 N–H and O–H groups in total. The minimum atomic E-state index is -0.463. The SMILES string of the molecule is [2H]c1nc2c(c([2H])c1[2H])c([2H])c([2H])c1c([2H])c([2H])c(-c3ccc(-c4ccc(-c5sc(-c6c7ccccc7c(-c7ccccc7)c7ccccc67)c(-c6ccccc6)c5-c5ccccc5)cc4)c4ccccc34)nc12. The molecule has 0 atom stereocenters. The first-order chi connectivity index (χ1) is 36.2. The van der Waals surface area contributed by atoms with Crippen LogP contribution in [0.3, 0.4) is 0 Å². The molecule has 0 amide bonds. The van der Waals surface area contributed by atoms with Gasteiger partial charge in [0.1, 0.15) is 0 Å². The van der Waals surface area contributed by atoms with Crippen molar-refractivity contribution in [2.45, 2.75) is 0 Å². The Kier molecular flexibility index (Phi) is 7.78. The number of rotatable bonds is 7. The summed E-state index contributed by atoms with van der Waals surface area (Å²) in [6, 6.07) is 68.3. The summed E-state index contributed by atoms with van der Waals surface area (Å²) in [7, 11) is 0. The van der Waals surface area contributed by atoms with Gasteiger partial charge in [0.2, 0.25) is 0 Å². The summed E-state index contributed by atoms with van der Waals surface area (Å²) in [5, 5.41) is 6.36. The highest BCUT2D eigenvalue weighted by Gasteiger charge is 2.27. The van der Waals surface area contributed by atoms with E-state index in [0.717, 1.165) is 43.5 Å². The van der Waals surface area contributed by atoms with Crippen LogP contribution < -0.4 is 0 Å². The van der Waals surface area contributed by atoms with Gasteiger partial charge in [-0.05, 0) is 83.3 Å². The summed E-state index contributed by atoms with van der Waals surface area (Å²) in [6.07, 6.45) is -0.463. The van der Waals surface area contributed by atoms with Crippen LogP contribution in [0, 0.1) is 0 Å². The fourth-order valence-electron chi connectivity index (χ4n) is 9.86. The fraction of sp³-hybridized carbons (Fsp3) is 0. The highest BCUT2D eigenvalue weighted by Crippen LogP contribution is 2.55. The van der Waals surface area contributed by atoms with Crippen molar-refractivity contribution in [3.05, 3.63) is 243 Å². The van der Waals surface area contributed by atoms with E-state index in [9.17, 15) is 1.37 Å². The lowest BCUT2D eigenvalue weighted by molar-refractivity contribution is 1.37. The molecule has 10 aromatic carbocycles. The normalized spacial score (nSPS) is 13.0. The fourth-order valence-corrected chi connectivity index (χ4v) is 11.3. The first kappa shape index (κ1) is 32.2. The van der Waals surface area contributed by atoms with Gasteiger partial charge in [0.05, 0.1) is 26.3 Å². The standard InChI is InChI=1S/C64H40N2S/c1-4-17-42(18-5-1)57-52-26-12-14-28-54(52)60(55-29-15-13-27-53(55)57)64-59(44-21-8-3-9-22-44)58(43-19-6-2-7-20-43)63(67-64)47-34-30-41(31-35-47)48-37-38-51(50-25-11-10-24-49(48)50)56-39-36-46-33-32-45-23-16-40-65-61(45)62(46)66-56/h1-40H/i16D,23D,32D,33D,36D,39D,40D. The van der Waals surface area contributed by atoms with Crippen LogP contribution in [0.15, 0.2) is 243 Å². The van der Waals surface area contributed by atoms with Crippen molar-refractivity contribution in [1.29, 1.82) is 0 Å². The van der Waals surface area contributed by atoms with Gasteiger partial charge >= 0.3 is 0 Å². The molecule has 0 unspecified atom stereocenters. The van der Waals surface area contributed by atoms with Crippen LogP contribution in [-0.2, 0) is 0 Å². The summed E-state index contributed by atoms with van der Waals surface area (Å²) in [4.78, 5) is 11.5. The molecule has 312 valence electrons. The first-order valence-electron chi connectivity index (χ1n) is 25.7. The molecule has 0 aliphatic heterocycles. The van der Waals surface area contributed by atoms with E-state index in [-0.39, 0.29) is 51.7 Å². The van der Waals surface area contributed by atoms with Gasteiger partial charge in [-0.25, -0.2) is 4.98 Å². The van der Waals surface area contributed by atoms with E-state index in [1.165, 1.54) is 54.2 Å². The number of aromatic nitrogens is 2. The highest BCUT2D eigenvalue weighted by atomic mass is 32.1. The van der Waals surface area contributed by atoms with Gasteiger partial charge in [-0.1, -0.05) is 224 Å². The lowest BCUT2D eigenvalue weighted by atomic mass is 9.85. The van der Waals surface area contributed by atoms with Gasteiger partial charge < -0.3 is 0 Å². The third-order valence-corrected chi connectivity index (χ3v) is 14.1. The molecule has 3 heterocycles. The maximum Gasteiger partial charge on any atom is 0.0972 e. The molecule has 13 rings (SSSR count). The minimum Gasteiger partial charge on any atom is -0.254 e. The largest absolute Gasteiger partial charge is 0.254 e. The van der Waals surface area contributed by atoms with Crippen LogP contribution in [0.25, 0.3) is 131 Å². The Morgan fingerprint density at radius 1 is 0.328 bits per heavy atom. The Labute approximate surface area is 402 Å². The molecule has 0 saturated heterocycles. The van der Waals surface area contributed by atoms with Crippen molar-refractivity contribution in [3.8, 4) is 76.6 Å². The van der Waals surface area contributed by atoms with Gasteiger partial charge in [0.15, 0.2) is 0 Å². The second kappa shape index (κ2) is 16.2.